The molecule has 1 atom stereocenters. The van der Waals surface area contributed by atoms with E-state index in [1.807, 2.05) is 6.20 Å². The zero-order chi connectivity index (χ0) is 13.7. The van der Waals surface area contributed by atoms with Crippen molar-refractivity contribution in [1.29, 1.82) is 0 Å². The van der Waals surface area contributed by atoms with Gasteiger partial charge in [-0.25, -0.2) is 0 Å². The summed E-state index contributed by atoms with van der Waals surface area (Å²) in [5, 5.41) is 0.821. The maximum atomic E-state index is 6.29. The van der Waals surface area contributed by atoms with Crippen LogP contribution in [0.1, 0.15) is 44.1 Å². The van der Waals surface area contributed by atoms with E-state index < -0.39 is 0 Å². The Morgan fingerprint density at radius 3 is 2.35 bits per heavy atom. The van der Waals surface area contributed by atoms with Crippen LogP contribution in [0.15, 0.2) is 18.5 Å². The van der Waals surface area contributed by atoms with E-state index in [4.69, 9.17) is 11.6 Å². The summed E-state index contributed by atoms with van der Waals surface area (Å²) in [6.07, 6.45) is 13.5. The second kappa shape index (κ2) is 4.98. The van der Waals surface area contributed by atoms with Gasteiger partial charge >= 0.3 is 0 Å². The predicted molar refractivity (Wildman–Crippen MR) is 86.3 cm³/mol. The van der Waals surface area contributed by atoms with E-state index in [0.29, 0.717) is 10.2 Å². The van der Waals surface area contributed by atoms with E-state index in [1.165, 1.54) is 44.1 Å². The van der Waals surface area contributed by atoms with Crippen molar-refractivity contribution in [1.82, 2.24) is 4.98 Å². The summed E-state index contributed by atoms with van der Waals surface area (Å²) in [5.41, 5.74) is 1.79. The minimum atomic E-state index is 0.543. The minimum Gasteiger partial charge on any atom is -0.263 e. The van der Waals surface area contributed by atoms with Gasteiger partial charge in [0.25, 0.3) is 0 Å². The van der Waals surface area contributed by atoms with Crippen molar-refractivity contribution in [3.05, 3.63) is 29.0 Å². The Labute approximate surface area is 134 Å². The Kier molecular flexibility index (Phi) is 3.38. The smallest absolute Gasteiger partial charge is 0.0621 e. The Morgan fingerprint density at radius 2 is 1.80 bits per heavy atom. The molecule has 0 aliphatic heterocycles. The first-order chi connectivity index (χ1) is 9.64. The predicted octanol–water partition coefficient (Wildman–Crippen LogP) is 5.26. The Morgan fingerprint density at radius 1 is 1.20 bits per heavy atom. The molecule has 4 aliphatic carbocycles. The first-order valence-electron chi connectivity index (χ1n) is 7.87. The molecule has 4 bridgehead atoms. The highest BCUT2D eigenvalue weighted by Gasteiger charge is 2.53. The molecule has 0 radical (unpaired) electrons. The van der Waals surface area contributed by atoms with Gasteiger partial charge in [0.2, 0.25) is 0 Å². The SMILES string of the molecule is Clc1cnccc1CC(Br)C12CC3CC(CC(C3)C1)C2. The zero-order valence-electron chi connectivity index (χ0n) is 11.7. The number of alkyl halides is 1. The number of hydrogen-bond donors (Lipinski definition) is 0. The van der Waals surface area contributed by atoms with Gasteiger partial charge in [0, 0.05) is 17.2 Å². The first-order valence-corrected chi connectivity index (χ1v) is 9.16. The number of aromatic nitrogens is 1. The summed E-state index contributed by atoms with van der Waals surface area (Å²) in [6, 6.07) is 2.08. The molecule has 108 valence electrons. The lowest BCUT2D eigenvalue weighted by Gasteiger charge is -2.58. The lowest BCUT2D eigenvalue weighted by atomic mass is 9.48. The molecule has 4 fully saturated rings. The molecule has 20 heavy (non-hydrogen) atoms. The zero-order valence-corrected chi connectivity index (χ0v) is 14.0. The van der Waals surface area contributed by atoms with Gasteiger partial charge in [-0.2, -0.15) is 0 Å². The van der Waals surface area contributed by atoms with Crippen LogP contribution in [0.4, 0.5) is 0 Å². The lowest BCUT2D eigenvalue weighted by Crippen LogP contribution is -2.50. The number of rotatable bonds is 3. The third-order valence-corrected chi connectivity index (χ3v) is 7.64. The minimum absolute atomic E-state index is 0.543. The molecule has 0 N–H and O–H groups in total. The maximum Gasteiger partial charge on any atom is 0.0621 e. The van der Waals surface area contributed by atoms with Crippen LogP contribution in [0.5, 0.6) is 0 Å². The van der Waals surface area contributed by atoms with E-state index in [0.717, 1.165) is 29.2 Å². The van der Waals surface area contributed by atoms with Crippen molar-refractivity contribution in [3.63, 3.8) is 0 Å². The normalized spacial score (nSPS) is 40.0. The summed E-state index contributed by atoms with van der Waals surface area (Å²) in [6.45, 7) is 0. The third kappa shape index (κ3) is 2.23. The van der Waals surface area contributed by atoms with E-state index >= 15 is 0 Å². The van der Waals surface area contributed by atoms with E-state index in [-0.39, 0.29) is 0 Å². The van der Waals surface area contributed by atoms with E-state index in [1.54, 1.807) is 6.20 Å². The monoisotopic (exact) mass is 353 g/mol. The molecule has 5 rings (SSSR count). The number of hydrogen-bond acceptors (Lipinski definition) is 1. The molecule has 1 unspecified atom stereocenters. The highest BCUT2D eigenvalue weighted by atomic mass is 79.9. The van der Waals surface area contributed by atoms with Crippen molar-refractivity contribution in [2.75, 3.05) is 0 Å². The van der Waals surface area contributed by atoms with Gasteiger partial charge in [-0.1, -0.05) is 27.5 Å². The van der Waals surface area contributed by atoms with Gasteiger partial charge < -0.3 is 0 Å². The fourth-order valence-electron chi connectivity index (χ4n) is 5.54. The van der Waals surface area contributed by atoms with Crippen LogP contribution in [0, 0.1) is 23.2 Å². The summed E-state index contributed by atoms with van der Waals surface area (Å²) in [5.74, 6) is 3.03. The van der Waals surface area contributed by atoms with Gasteiger partial charge in [0.15, 0.2) is 0 Å². The highest BCUT2D eigenvalue weighted by Crippen LogP contribution is 2.62. The standard InChI is InChI=1S/C17H21BrClN/c18-16(6-14-1-2-20-10-15(14)19)17-7-11-3-12(8-17)5-13(4-11)9-17/h1-2,10-13,16H,3-9H2. The van der Waals surface area contributed by atoms with Gasteiger partial charge in [-0.15, -0.1) is 0 Å². The average molecular weight is 355 g/mol. The molecule has 0 amide bonds. The van der Waals surface area contributed by atoms with E-state index in [2.05, 4.69) is 27.0 Å². The quantitative estimate of drug-likeness (QED) is 0.675. The largest absolute Gasteiger partial charge is 0.263 e. The second-order valence-corrected chi connectivity index (χ2v) is 8.93. The van der Waals surface area contributed by atoms with Crippen molar-refractivity contribution < 1.29 is 0 Å². The van der Waals surface area contributed by atoms with Crippen LogP contribution in [0.25, 0.3) is 0 Å². The fraction of sp³-hybridized carbons (Fsp3) is 0.706. The van der Waals surface area contributed by atoms with Crippen LogP contribution in [-0.4, -0.2) is 9.81 Å². The summed E-state index contributed by atoms with van der Waals surface area (Å²) >= 11 is 10.4. The second-order valence-electron chi connectivity index (χ2n) is 7.42. The van der Waals surface area contributed by atoms with Crippen LogP contribution in [-0.2, 0) is 6.42 Å². The van der Waals surface area contributed by atoms with Gasteiger partial charge in [0.05, 0.1) is 5.02 Å². The molecule has 4 saturated carbocycles. The Hall–Kier alpha value is -0.0800. The highest BCUT2D eigenvalue weighted by molar-refractivity contribution is 9.09. The first kappa shape index (κ1) is 13.6. The van der Waals surface area contributed by atoms with Crippen LogP contribution in [0.3, 0.4) is 0 Å². The van der Waals surface area contributed by atoms with Crippen molar-refractivity contribution in [2.24, 2.45) is 23.2 Å². The van der Waals surface area contributed by atoms with Crippen LogP contribution in [0.2, 0.25) is 5.02 Å². The summed E-state index contributed by atoms with van der Waals surface area (Å²) in [4.78, 5) is 4.67. The number of nitrogens with zero attached hydrogens (tertiary/aromatic N) is 1. The molecule has 1 heterocycles. The van der Waals surface area contributed by atoms with Crippen LogP contribution >= 0.6 is 27.5 Å². The van der Waals surface area contributed by atoms with Gasteiger partial charge in [-0.05, 0) is 79.7 Å². The molecule has 3 heteroatoms. The molecule has 1 nitrogen and oxygen atoms in total. The molecule has 4 aliphatic rings. The van der Waals surface area contributed by atoms with Crippen molar-refractivity contribution >= 4 is 27.5 Å². The number of pyridine rings is 1. The topological polar surface area (TPSA) is 12.9 Å². The van der Waals surface area contributed by atoms with Gasteiger partial charge in [-0.3, -0.25) is 4.98 Å². The van der Waals surface area contributed by atoms with Crippen molar-refractivity contribution in [2.45, 2.75) is 49.8 Å². The van der Waals surface area contributed by atoms with Crippen LogP contribution < -0.4 is 0 Å². The molecule has 0 saturated heterocycles. The average Bonchev–Trinajstić information content (AvgIpc) is 2.40. The number of halogens is 2. The fourth-order valence-corrected chi connectivity index (χ4v) is 6.65. The molecule has 1 aromatic rings. The third-order valence-electron chi connectivity index (χ3n) is 6.01. The molecule has 0 spiro atoms. The Balaban J connectivity index is 1.56. The molecular weight excluding hydrogens is 334 g/mol. The Bertz CT molecular complexity index is 480. The molecule has 1 aromatic heterocycles. The van der Waals surface area contributed by atoms with Crippen molar-refractivity contribution in [3.8, 4) is 0 Å². The molecule has 0 aromatic carbocycles. The maximum absolute atomic E-state index is 6.29. The van der Waals surface area contributed by atoms with Gasteiger partial charge in [0.1, 0.15) is 0 Å². The summed E-state index contributed by atoms with van der Waals surface area (Å²) in [7, 11) is 0. The molecular formula is C17H21BrClN. The lowest BCUT2D eigenvalue weighted by molar-refractivity contribution is -0.0522. The summed E-state index contributed by atoms with van der Waals surface area (Å²) < 4.78 is 0. The van der Waals surface area contributed by atoms with E-state index in [9.17, 15) is 0 Å².